The molecule has 1 saturated heterocycles. The van der Waals surface area contributed by atoms with Crippen molar-refractivity contribution >= 4 is 46.2 Å². The van der Waals surface area contributed by atoms with Gasteiger partial charge in [0.2, 0.25) is 5.91 Å². The van der Waals surface area contributed by atoms with Gasteiger partial charge >= 0.3 is 12.1 Å². The van der Waals surface area contributed by atoms with Crippen molar-refractivity contribution in [1.82, 2.24) is 14.4 Å². The van der Waals surface area contributed by atoms with Crippen LogP contribution in [0.3, 0.4) is 0 Å². The molecule has 11 heteroatoms. The quantitative estimate of drug-likeness (QED) is 0.320. The third kappa shape index (κ3) is 7.22. The normalized spacial score (nSPS) is 16.4. The van der Waals surface area contributed by atoms with Crippen molar-refractivity contribution < 1.29 is 23.9 Å². The third-order valence-electron chi connectivity index (χ3n) is 6.56. The number of carbonyl (C=O) groups is 3. The van der Waals surface area contributed by atoms with E-state index in [2.05, 4.69) is 0 Å². The number of halogens is 1. The predicted octanol–water partition coefficient (Wildman–Crippen LogP) is 5.09. The van der Waals surface area contributed by atoms with E-state index >= 15 is 0 Å². The number of nitrogens with two attached hydrogens (primary N) is 1. The number of hydrogen-bond donors (Lipinski definition) is 1. The van der Waals surface area contributed by atoms with E-state index in [0.29, 0.717) is 33.0 Å². The molecule has 0 radical (unpaired) electrons. The van der Waals surface area contributed by atoms with E-state index in [0.717, 1.165) is 5.39 Å². The highest BCUT2D eigenvalue weighted by Gasteiger charge is 2.40. The summed E-state index contributed by atoms with van der Waals surface area (Å²) in [7, 11) is 0. The van der Waals surface area contributed by atoms with Crippen LogP contribution in [0.15, 0.2) is 42.5 Å². The monoisotopic (exact) mass is 593 g/mol. The lowest BCUT2D eigenvalue weighted by molar-refractivity contribution is -0.169. The summed E-state index contributed by atoms with van der Waals surface area (Å²) in [5.74, 6) is -0.829. The minimum absolute atomic E-state index is 0.00165. The van der Waals surface area contributed by atoms with Crippen LogP contribution in [0.1, 0.15) is 58.4 Å². The number of piperazine rings is 1. The lowest BCUT2D eigenvalue weighted by atomic mass is 10.1. The van der Waals surface area contributed by atoms with Gasteiger partial charge in [0, 0.05) is 41.4 Å². The summed E-state index contributed by atoms with van der Waals surface area (Å²) in [6.07, 6.45) is -0.554. The van der Waals surface area contributed by atoms with Gasteiger partial charge in [-0.1, -0.05) is 17.7 Å². The molecular formula is C31H36ClN5O5. The van der Waals surface area contributed by atoms with E-state index in [1.807, 2.05) is 17.0 Å². The zero-order valence-electron chi connectivity index (χ0n) is 24.7. The van der Waals surface area contributed by atoms with Crippen molar-refractivity contribution in [2.75, 3.05) is 18.8 Å². The van der Waals surface area contributed by atoms with Crippen molar-refractivity contribution in [3.8, 4) is 6.07 Å². The summed E-state index contributed by atoms with van der Waals surface area (Å²) in [6, 6.07) is 13.1. The number of ether oxygens (including phenoxy) is 2. The van der Waals surface area contributed by atoms with Gasteiger partial charge in [-0.05, 0) is 83.5 Å². The first-order valence-corrected chi connectivity index (χ1v) is 14.0. The summed E-state index contributed by atoms with van der Waals surface area (Å²) in [5.41, 5.74) is 7.03. The van der Waals surface area contributed by atoms with Crippen LogP contribution in [0, 0.1) is 11.3 Å². The number of carbonyl (C=O) groups excluding carboxylic acids is 3. The molecule has 1 unspecified atom stereocenters. The smallest absolute Gasteiger partial charge is 0.419 e. The van der Waals surface area contributed by atoms with Crippen LogP contribution in [0.25, 0.3) is 10.9 Å². The fourth-order valence-electron chi connectivity index (χ4n) is 4.88. The molecule has 4 rings (SSSR count). The van der Waals surface area contributed by atoms with Gasteiger partial charge in [-0.3, -0.25) is 9.69 Å². The number of fused-ring (bicyclic) bond motifs is 1. The Kier molecular flexibility index (Phi) is 8.58. The SMILES string of the molecule is CC(C)(C)OC(=O)C1CN(Cc2cc3cc(Cl)ccc3n2C(=O)OC(C)(C)C)CC(=O)N1Cc1ccc(C#N)c(N)c1. The van der Waals surface area contributed by atoms with E-state index in [1.54, 1.807) is 77.9 Å². The van der Waals surface area contributed by atoms with Crippen molar-refractivity contribution in [3.05, 3.63) is 64.3 Å². The molecule has 10 nitrogen and oxygen atoms in total. The zero-order valence-corrected chi connectivity index (χ0v) is 25.5. The van der Waals surface area contributed by atoms with E-state index in [1.165, 1.54) is 9.47 Å². The fraction of sp³-hybridized carbons (Fsp3) is 0.419. The number of hydrogen-bond acceptors (Lipinski definition) is 8. The molecule has 2 N–H and O–H groups in total. The molecule has 1 atom stereocenters. The summed E-state index contributed by atoms with van der Waals surface area (Å²) in [5, 5.41) is 10.5. The molecule has 0 aliphatic carbocycles. The predicted molar refractivity (Wildman–Crippen MR) is 160 cm³/mol. The number of esters is 1. The number of anilines is 1. The topological polar surface area (TPSA) is 131 Å². The Bertz CT molecular complexity index is 1580. The molecule has 0 bridgehead atoms. The minimum Gasteiger partial charge on any atom is -0.458 e. The van der Waals surface area contributed by atoms with E-state index < -0.39 is 29.3 Å². The van der Waals surface area contributed by atoms with Gasteiger partial charge in [0.1, 0.15) is 23.3 Å². The average molecular weight is 594 g/mol. The molecule has 1 fully saturated rings. The molecule has 1 aromatic heterocycles. The van der Waals surface area contributed by atoms with Crippen LogP contribution < -0.4 is 5.73 Å². The van der Waals surface area contributed by atoms with Gasteiger partial charge in [0.15, 0.2) is 0 Å². The number of rotatable bonds is 5. The third-order valence-corrected chi connectivity index (χ3v) is 6.79. The number of nitriles is 1. The Morgan fingerprint density at radius 1 is 1.02 bits per heavy atom. The minimum atomic E-state index is -0.920. The number of amides is 1. The second kappa shape index (κ2) is 11.7. The largest absolute Gasteiger partial charge is 0.458 e. The maximum Gasteiger partial charge on any atom is 0.419 e. The molecule has 0 saturated carbocycles. The van der Waals surface area contributed by atoms with Gasteiger partial charge in [0.25, 0.3) is 0 Å². The summed E-state index contributed by atoms with van der Waals surface area (Å²) in [4.78, 5) is 43.6. The van der Waals surface area contributed by atoms with E-state index in [9.17, 15) is 19.6 Å². The Morgan fingerprint density at radius 2 is 1.71 bits per heavy atom. The first kappa shape index (κ1) is 30.9. The van der Waals surface area contributed by atoms with Crippen LogP contribution in [-0.4, -0.2) is 62.7 Å². The van der Waals surface area contributed by atoms with Crippen molar-refractivity contribution in [2.45, 2.75) is 71.9 Å². The van der Waals surface area contributed by atoms with Gasteiger partial charge in [-0.2, -0.15) is 5.26 Å². The number of nitrogen functional groups attached to an aromatic ring is 1. The zero-order chi connectivity index (χ0) is 31.0. The summed E-state index contributed by atoms with van der Waals surface area (Å²) in [6.45, 7) is 11.1. The van der Waals surface area contributed by atoms with Crippen molar-refractivity contribution in [3.63, 3.8) is 0 Å². The first-order valence-electron chi connectivity index (χ1n) is 13.6. The van der Waals surface area contributed by atoms with Crippen LogP contribution >= 0.6 is 11.6 Å². The highest BCUT2D eigenvalue weighted by atomic mass is 35.5. The summed E-state index contributed by atoms with van der Waals surface area (Å²) >= 11 is 6.23. The Balaban J connectivity index is 1.67. The second-order valence-corrected chi connectivity index (χ2v) is 12.9. The molecule has 2 heterocycles. The second-order valence-electron chi connectivity index (χ2n) is 12.4. The maximum atomic E-state index is 13.6. The Hall–Kier alpha value is -4.07. The molecule has 2 aromatic carbocycles. The summed E-state index contributed by atoms with van der Waals surface area (Å²) < 4.78 is 12.9. The lowest BCUT2D eigenvalue weighted by Gasteiger charge is -2.40. The van der Waals surface area contributed by atoms with Gasteiger partial charge in [0.05, 0.1) is 17.6 Å². The van der Waals surface area contributed by atoms with Gasteiger partial charge in [-0.15, -0.1) is 0 Å². The standard InChI is InChI=1S/C31H36ClN5O5/c1-30(2,3)41-28(39)26-17-35(18-27(38)36(26)15-19-7-8-20(14-33)24(34)11-19)16-23-13-21-12-22(32)9-10-25(21)37(23)29(40)42-31(4,5)6/h7-13,26H,15-18,34H2,1-6H3. The number of aromatic nitrogens is 1. The number of benzene rings is 2. The maximum absolute atomic E-state index is 13.6. The molecule has 1 amide bonds. The average Bonchev–Trinajstić information content (AvgIpc) is 3.20. The first-order chi connectivity index (χ1) is 19.5. The molecule has 1 aliphatic heterocycles. The van der Waals surface area contributed by atoms with Crippen molar-refractivity contribution in [1.29, 1.82) is 5.26 Å². The molecule has 222 valence electrons. The highest BCUT2D eigenvalue weighted by Crippen LogP contribution is 2.28. The molecule has 1 aliphatic rings. The van der Waals surface area contributed by atoms with Gasteiger partial charge < -0.3 is 20.1 Å². The van der Waals surface area contributed by atoms with Crippen LogP contribution in [-0.2, 0) is 32.2 Å². The van der Waals surface area contributed by atoms with Crippen LogP contribution in [0.5, 0.6) is 0 Å². The van der Waals surface area contributed by atoms with E-state index in [-0.39, 0.29) is 32.1 Å². The van der Waals surface area contributed by atoms with Crippen LogP contribution in [0.4, 0.5) is 10.5 Å². The van der Waals surface area contributed by atoms with Crippen molar-refractivity contribution in [2.24, 2.45) is 0 Å². The lowest BCUT2D eigenvalue weighted by Crippen LogP contribution is -2.59. The Labute approximate surface area is 250 Å². The molecule has 42 heavy (non-hydrogen) atoms. The molecule has 3 aromatic rings. The Morgan fingerprint density at radius 3 is 2.33 bits per heavy atom. The number of nitrogens with zero attached hydrogens (tertiary/aromatic N) is 4. The molecule has 0 spiro atoms. The van der Waals surface area contributed by atoms with E-state index in [4.69, 9.17) is 26.8 Å². The van der Waals surface area contributed by atoms with Crippen LogP contribution in [0.2, 0.25) is 5.02 Å². The van der Waals surface area contributed by atoms with Gasteiger partial charge in [-0.25, -0.2) is 14.2 Å². The molecular weight excluding hydrogens is 558 g/mol. The highest BCUT2D eigenvalue weighted by molar-refractivity contribution is 6.31. The fourth-order valence-corrected chi connectivity index (χ4v) is 5.06.